The Labute approximate surface area is 174 Å². The Morgan fingerprint density at radius 2 is 1.93 bits per heavy atom. The molecule has 4 rings (SSSR count). The van der Waals surface area contributed by atoms with Crippen LogP contribution in [0.4, 0.5) is 5.69 Å². The number of hydrogen-bond donors (Lipinski definition) is 1. The molecular weight excluding hydrogens is 378 g/mol. The summed E-state index contributed by atoms with van der Waals surface area (Å²) in [7, 11) is 0. The minimum Gasteiger partial charge on any atom is -0.483 e. The van der Waals surface area contributed by atoms with Crippen LogP contribution < -0.4 is 10.1 Å². The topological polar surface area (TPSA) is 77.2 Å². The van der Waals surface area contributed by atoms with Crippen LogP contribution in [0.15, 0.2) is 65.2 Å². The largest absolute Gasteiger partial charge is 0.483 e. The number of rotatable bonds is 6. The smallest absolute Gasteiger partial charge is 0.262 e. The zero-order valence-corrected chi connectivity index (χ0v) is 17.2. The molecule has 0 spiro atoms. The van der Waals surface area contributed by atoms with Crippen LogP contribution in [0.25, 0.3) is 22.7 Å². The van der Waals surface area contributed by atoms with E-state index in [1.807, 2.05) is 49.4 Å². The van der Waals surface area contributed by atoms with Crippen molar-refractivity contribution >= 4 is 22.8 Å². The average molecular weight is 401 g/mol. The number of fused-ring (bicyclic) bond motifs is 1. The maximum atomic E-state index is 12.3. The van der Waals surface area contributed by atoms with Crippen LogP contribution in [-0.4, -0.2) is 22.5 Å². The third kappa shape index (κ3) is 4.33. The molecule has 6 nitrogen and oxygen atoms in total. The van der Waals surface area contributed by atoms with Crippen molar-refractivity contribution in [1.29, 1.82) is 0 Å². The predicted octanol–water partition coefficient (Wildman–Crippen LogP) is 5.34. The van der Waals surface area contributed by atoms with E-state index in [9.17, 15) is 4.79 Å². The van der Waals surface area contributed by atoms with Crippen molar-refractivity contribution in [2.75, 3.05) is 11.9 Å². The maximum absolute atomic E-state index is 12.3. The molecule has 0 fully saturated rings. The van der Waals surface area contributed by atoms with Crippen LogP contribution in [-0.2, 0) is 4.79 Å². The Morgan fingerprint density at radius 1 is 1.13 bits per heavy atom. The van der Waals surface area contributed by atoms with E-state index in [0.29, 0.717) is 28.7 Å². The van der Waals surface area contributed by atoms with E-state index < -0.39 is 0 Å². The van der Waals surface area contributed by atoms with Gasteiger partial charge >= 0.3 is 0 Å². The van der Waals surface area contributed by atoms with Crippen molar-refractivity contribution in [3.05, 3.63) is 71.9 Å². The van der Waals surface area contributed by atoms with Crippen LogP contribution in [0.1, 0.15) is 30.9 Å². The molecule has 0 bridgehead atoms. The Bertz CT molecular complexity index is 1150. The molecule has 0 aliphatic carbocycles. The number of pyridine rings is 1. The van der Waals surface area contributed by atoms with E-state index in [1.54, 1.807) is 12.3 Å². The van der Waals surface area contributed by atoms with Gasteiger partial charge in [-0.1, -0.05) is 26.0 Å². The Morgan fingerprint density at radius 3 is 2.67 bits per heavy atom. The molecule has 0 unspecified atom stereocenters. The van der Waals surface area contributed by atoms with Crippen LogP contribution in [0.2, 0.25) is 0 Å². The molecule has 6 heteroatoms. The van der Waals surface area contributed by atoms with E-state index in [0.717, 1.165) is 22.4 Å². The fourth-order valence-corrected chi connectivity index (χ4v) is 3.17. The van der Waals surface area contributed by atoms with Gasteiger partial charge < -0.3 is 14.5 Å². The average Bonchev–Trinajstić information content (AvgIpc) is 3.17. The summed E-state index contributed by atoms with van der Waals surface area (Å²) in [6.07, 6.45) is 1.68. The normalized spacial score (nSPS) is 11.1. The van der Waals surface area contributed by atoms with Crippen molar-refractivity contribution in [3.63, 3.8) is 0 Å². The number of amides is 1. The highest BCUT2D eigenvalue weighted by Gasteiger charge is 2.12. The highest BCUT2D eigenvalue weighted by molar-refractivity contribution is 5.92. The lowest BCUT2D eigenvalue weighted by atomic mass is 10.0. The molecule has 1 amide bonds. The summed E-state index contributed by atoms with van der Waals surface area (Å²) in [5.74, 6) is 1.34. The standard InChI is InChI=1S/C24H23N3O3/c1-15(2)19-11-6-16(3)13-21(19)29-14-22(28)26-18-9-7-17(8-10-18)24-27-23-20(30-24)5-4-12-25-23/h4-13,15H,14H2,1-3H3,(H,26,28). The molecule has 0 aliphatic heterocycles. The summed E-state index contributed by atoms with van der Waals surface area (Å²) in [6, 6.07) is 17.0. The number of carbonyl (C=O) groups is 1. The number of nitrogens with one attached hydrogen (secondary N) is 1. The van der Waals surface area contributed by atoms with Gasteiger partial charge in [0.1, 0.15) is 5.75 Å². The summed E-state index contributed by atoms with van der Waals surface area (Å²) < 4.78 is 11.5. The number of benzene rings is 2. The molecule has 1 N–H and O–H groups in total. The fraction of sp³-hybridized carbons (Fsp3) is 0.208. The number of hydrogen-bond acceptors (Lipinski definition) is 5. The van der Waals surface area contributed by atoms with Gasteiger partial charge in [0.05, 0.1) is 0 Å². The summed E-state index contributed by atoms with van der Waals surface area (Å²) in [6.45, 7) is 6.16. The Hall–Kier alpha value is -3.67. The zero-order valence-electron chi connectivity index (χ0n) is 17.2. The summed E-state index contributed by atoms with van der Waals surface area (Å²) in [4.78, 5) is 20.9. The monoisotopic (exact) mass is 401 g/mol. The van der Waals surface area contributed by atoms with Crippen molar-refractivity contribution in [2.45, 2.75) is 26.7 Å². The summed E-state index contributed by atoms with van der Waals surface area (Å²) in [5, 5.41) is 2.85. The zero-order chi connectivity index (χ0) is 21.1. The number of anilines is 1. The Balaban J connectivity index is 1.40. The molecule has 30 heavy (non-hydrogen) atoms. The molecule has 4 aromatic rings. The van der Waals surface area contributed by atoms with Gasteiger partial charge in [-0.25, -0.2) is 4.98 Å². The SMILES string of the molecule is Cc1ccc(C(C)C)c(OCC(=O)Nc2ccc(-c3nc4ncccc4o3)cc2)c1. The second kappa shape index (κ2) is 8.37. The highest BCUT2D eigenvalue weighted by atomic mass is 16.5. The van der Waals surface area contributed by atoms with Crippen LogP contribution in [0.3, 0.4) is 0 Å². The molecule has 152 valence electrons. The van der Waals surface area contributed by atoms with Gasteiger partial charge in [-0.15, -0.1) is 0 Å². The third-order valence-electron chi connectivity index (χ3n) is 4.73. The van der Waals surface area contributed by atoms with Crippen LogP contribution >= 0.6 is 0 Å². The summed E-state index contributed by atoms with van der Waals surface area (Å²) >= 11 is 0. The van der Waals surface area contributed by atoms with Crippen molar-refractivity contribution < 1.29 is 13.9 Å². The van der Waals surface area contributed by atoms with Gasteiger partial charge in [0.25, 0.3) is 5.91 Å². The van der Waals surface area contributed by atoms with E-state index >= 15 is 0 Å². The molecule has 2 aromatic heterocycles. The number of carbonyl (C=O) groups excluding carboxylic acids is 1. The maximum Gasteiger partial charge on any atom is 0.262 e. The van der Waals surface area contributed by atoms with E-state index in [-0.39, 0.29) is 12.5 Å². The minimum atomic E-state index is -0.218. The fourth-order valence-electron chi connectivity index (χ4n) is 3.17. The first-order chi connectivity index (χ1) is 14.5. The predicted molar refractivity (Wildman–Crippen MR) is 117 cm³/mol. The molecule has 0 atom stereocenters. The van der Waals surface area contributed by atoms with Crippen molar-refractivity contribution in [3.8, 4) is 17.2 Å². The van der Waals surface area contributed by atoms with E-state index in [2.05, 4.69) is 35.2 Å². The number of nitrogens with zero attached hydrogens (tertiary/aromatic N) is 2. The lowest BCUT2D eigenvalue weighted by Crippen LogP contribution is -2.20. The number of ether oxygens (including phenoxy) is 1. The van der Waals surface area contributed by atoms with Gasteiger partial charge in [-0.2, -0.15) is 4.98 Å². The number of aryl methyl sites for hydroxylation is 1. The Kier molecular flexibility index (Phi) is 5.48. The van der Waals surface area contributed by atoms with Gasteiger partial charge in [0, 0.05) is 17.4 Å². The first-order valence-electron chi connectivity index (χ1n) is 9.85. The van der Waals surface area contributed by atoms with E-state index in [1.165, 1.54) is 0 Å². The van der Waals surface area contributed by atoms with Gasteiger partial charge in [0.2, 0.25) is 5.89 Å². The molecule has 0 aliphatic rings. The molecular formula is C24H23N3O3. The molecule has 2 aromatic carbocycles. The van der Waals surface area contributed by atoms with Crippen LogP contribution in [0, 0.1) is 6.92 Å². The first kappa shape index (κ1) is 19.6. The molecule has 0 saturated carbocycles. The second-order valence-corrected chi connectivity index (χ2v) is 7.45. The van der Waals surface area contributed by atoms with E-state index in [4.69, 9.17) is 9.15 Å². The van der Waals surface area contributed by atoms with Crippen molar-refractivity contribution in [2.24, 2.45) is 0 Å². The van der Waals surface area contributed by atoms with Crippen molar-refractivity contribution in [1.82, 2.24) is 9.97 Å². The minimum absolute atomic E-state index is 0.0538. The van der Waals surface area contributed by atoms with Gasteiger partial charge in [0.15, 0.2) is 17.8 Å². The lowest BCUT2D eigenvalue weighted by Gasteiger charge is -2.15. The van der Waals surface area contributed by atoms with Crippen LogP contribution in [0.5, 0.6) is 5.75 Å². The quantitative estimate of drug-likeness (QED) is 0.472. The second-order valence-electron chi connectivity index (χ2n) is 7.45. The third-order valence-corrected chi connectivity index (χ3v) is 4.73. The summed E-state index contributed by atoms with van der Waals surface area (Å²) in [5.41, 5.74) is 4.88. The lowest BCUT2D eigenvalue weighted by molar-refractivity contribution is -0.118. The highest BCUT2D eigenvalue weighted by Crippen LogP contribution is 2.28. The molecule has 2 heterocycles. The van der Waals surface area contributed by atoms with Gasteiger partial charge in [-0.3, -0.25) is 4.79 Å². The number of aromatic nitrogens is 2. The van der Waals surface area contributed by atoms with Gasteiger partial charge in [-0.05, 0) is 66.4 Å². The molecule has 0 saturated heterocycles. The number of oxazole rings is 1. The first-order valence-corrected chi connectivity index (χ1v) is 9.85. The molecule has 0 radical (unpaired) electrons.